The molecule has 0 fully saturated rings. The van der Waals surface area contributed by atoms with E-state index in [4.69, 9.17) is 0 Å². The van der Waals surface area contributed by atoms with Crippen molar-refractivity contribution < 1.29 is 4.79 Å². The fourth-order valence-electron chi connectivity index (χ4n) is 2.98. The van der Waals surface area contributed by atoms with Gasteiger partial charge in [-0.05, 0) is 36.1 Å². The second-order valence-electron chi connectivity index (χ2n) is 5.95. The van der Waals surface area contributed by atoms with E-state index in [2.05, 4.69) is 31.3 Å². The van der Waals surface area contributed by atoms with Crippen LogP contribution in [0.2, 0.25) is 0 Å². The molecule has 2 nitrogen and oxygen atoms in total. The number of hydrogen-bond acceptors (Lipinski definition) is 2. The Morgan fingerprint density at radius 2 is 2.15 bits per heavy atom. The molecule has 1 N–H and O–H groups in total. The molecule has 0 saturated heterocycles. The zero-order valence-corrected chi connectivity index (χ0v) is 12.9. The van der Waals surface area contributed by atoms with Crippen LogP contribution in [0, 0.1) is 5.92 Å². The number of nitrogens with one attached hydrogen (secondary N) is 1. The van der Waals surface area contributed by atoms with Crippen LogP contribution in [0.5, 0.6) is 0 Å². The Bertz CT molecular complexity index is 453. The Morgan fingerprint density at radius 3 is 2.90 bits per heavy atom. The van der Waals surface area contributed by atoms with Gasteiger partial charge >= 0.3 is 0 Å². The molecule has 1 heterocycles. The van der Waals surface area contributed by atoms with Gasteiger partial charge in [-0.1, -0.05) is 51.7 Å². The van der Waals surface area contributed by atoms with Crippen molar-refractivity contribution in [1.29, 1.82) is 0 Å². The van der Waals surface area contributed by atoms with E-state index in [0.29, 0.717) is 18.1 Å². The summed E-state index contributed by atoms with van der Waals surface area (Å²) in [6.07, 6.45) is 6.54. The maximum absolute atomic E-state index is 12.4. The Labute approximate surface area is 123 Å². The van der Waals surface area contributed by atoms with Crippen LogP contribution >= 0.6 is 0 Å². The zero-order valence-electron chi connectivity index (χ0n) is 12.9. The van der Waals surface area contributed by atoms with Gasteiger partial charge in [0.1, 0.15) is 0 Å². The SMILES string of the molecule is CCCCC(CC)CC(=O)c1ccc2c(c1)CNCC2. The Morgan fingerprint density at radius 1 is 1.30 bits per heavy atom. The lowest BCUT2D eigenvalue weighted by atomic mass is 9.90. The molecule has 0 aromatic heterocycles. The van der Waals surface area contributed by atoms with Gasteiger partial charge in [0.15, 0.2) is 5.78 Å². The molecule has 0 radical (unpaired) electrons. The summed E-state index contributed by atoms with van der Waals surface area (Å²) < 4.78 is 0. The summed E-state index contributed by atoms with van der Waals surface area (Å²) in [4.78, 5) is 12.4. The van der Waals surface area contributed by atoms with Gasteiger partial charge in [-0.25, -0.2) is 0 Å². The molecule has 2 heteroatoms. The molecular weight excluding hydrogens is 246 g/mol. The standard InChI is InChI=1S/C18H27NO/c1-3-5-6-14(4-2)11-18(20)16-8-7-15-9-10-19-13-17(15)12-16/h7-8,12,14,19H,3-6,9-11,13H2,1-2H3. The quantitative estimate of drug-likeness (QED) is 0.757. The van der Waals surface area contributed by atoms with Crippen LogP contribution < -0.4 is 5.32 Å². The van der Waals surface area contributed by atoms with E-state index in [-0.39, 0.29) is 0 Å². The molecular formula is C18H27NO. The predicted molar refractivity (Wildman–Crippen MR) is 84.1 cm³/mol. The van der Waals surface area contributed by atoms with Crippen LogP contribution in [0.1, 0.15) is 67.4 Å². The number of fused-ring (bicyclic) bond motifs is 1. The van der Waals surface area contributed by atoms with Gasteiger partial charge in [0, 0.05) is 18.5 Å². The number of unbranched alkanes of at least 4 members (excludes halogenated alkanes) is 1. The van der Waals surface area contributed by atoms with Crippen molar-refractivity contribution in [3.63, 3.8) is 0 Å². The molecule has 0 aliphatic carbocycles. The van der Waals surface area contributed by atoms with E-state index in [1.165, 1.54) is 30.4 Å². The van der Waals surface area contributed by atoms with E-state index in [1.807, 2.05) is 6.07 Å². The van der Waals surface area contributed by atoms with Gasteiger partial charge in [-0.2, -0.15) is 0 Å². The van der Waals surface area contributed by atoms with E-state index < -0.39 is 0 Å². The summed E-state index contributed by atoms with van der Waals surface area (Å²) in [6, 6.07) is 6.28. The van der Waals surface area contributed by atoms with Gasteiger partial charge in [0.25, 0.3) is 0 Å². The minimum Gasteiger partial charge on any atom is -0.312 e. The first kappa shape index (κ1) is 15.2. The third kappa shape index (κ3) is 3.92. The van der Waals surface area contributed by atoms with Crippen LogP contribution in [0.3, 0.4) is 0 Å². The maximum Gasteiger partial charge on any atom is 0.163 e. The lowest BCUT2D eigenvalue weighted by Crippen LogP contribution is -2.24. The Kier molecular flexibility index (Phi) is 5.78. The molecule has 1 atom stereocenters. The van der Waals surface area contributed by atoms with Gasteiger partial charge in [0.2, 0.25) is 0 Å². The first-order valence-electron chi connectivity index (χ1n) is 8.10. The molecule has 1 aliphatic heterocycles. The topological polar surface area (TPSA) is 29.1 Å². The number of ketones is 1. The minimum atomic E-state index is 0.321. The predicted octanol–water partition coefficient (Wildman–Crippen LogP) is 4.12. The second kappa shape index (κ2) is 7.58. The largest absolute Gasteiger partial charge is 0.312 e. The zero-order chi connectivity index (χ0) is 14.4. The highest BCUT2D eigenvalue weighted by Crippen LogP contribution is 2.22. The van der Waals surface area contributed by atoms with Crippen molar-refractivity contribution >= 4 is 5.78 Å². The summed E-state index contributed by atoms with van der Waals surface area (Å²) in [6.45, 7) is 6.37. The number of carbonyl (C=O) groups excluding carboxylic acids is 1. The van der Waals surface area contributed by atoms with Crippen LogP contribution in [0.25, 0.3) is 0 Å². The summed E-state index contributed by atoms with van der Waals surface area (Å²) in [5.41, 5.74) is 3.62. The Balaban J connectivity index is 2.01. The number of carbonyl (C=O) groups is 1. The van der Waals surface area contributed by atoms with Crippen molar-refractivity contribution in [3.8, 4) is 0 Å². The van der Waals surface area contributed by atoms with Gasteiger partial charge < -0.3 is 5.32 Å². The molecule has 20 heavy (non-hydrogen) atoms. The highest BCUT2D eigenvalue weighted by molar-refractivity contribution is 5.96. The Hall–Kier alpha value is -1.15. The third-order valence-electron chi connectivity index (χ3n) is 4.43. The summed E-state index contributed by atoms with van der Waals surface area (Å²) in [5.74, 6) is 0.873. The molecule has 0 amide bonds. The number of Topliss-reactive ketones (excluding diaryl/α,β-unsaturated/α-hetero) is 1. The molecule has 0 bridgehead atoms. The van der Waals surface area contributed by atoms with E-state index in [1.54, 1.807) is 0 Å². The molecule has 0 saturated carbocycles. The van der Waals surface area contributed by atoms with Crippen molar-refractivity contribution in [3.05, 3.63) is 34.9 Å². The maximum atomic E-state index is 12.4. The van der Waals surface area contributed by atoms with E-state index in [9.17, 15) is 4.79 Å². The lowest BCUT2D eigenvalue weighted by Gasteiger charge is -2.18. The van der Waals surface area contributed by atoms with Crippen LogP contribution in [0.15, 0.2) is 18.2 Å². The first-order chi connectivity index (χ1) is 9.74. The summed E-state index contributed by atoms with van der Waals surface area (Å²) in [7, 11) is 0. The monoisotopic (exact) mass is 273 g/mol. The average molecular weight is 273 g/mol. The van der Waals surface area contributed by atoms with Gasteiger partial charge in [0.05, 0.1) is 0 Å². The molecule has 0 spiro atoms. The molecule has 1 aromatic rings. The van der Waals surface area contributed by atoms with Crippen LogP contribution in [-0.4, -0.2) is 12.3 Å². The molecule has 110 valence electrons. The highest BCUT2D eigenvalue weighted by Gasteiger charge is 2.16. The van der Waals surface area contributed by atoms with Crippen LogP contribution in [-0.2, 0) is 13.0 Å². The summed E-state index contributed by atoms with van der Waals surface area (Å²) in [5, 5.41) is 3.38. The fourth-order valence-corrected chi connectivity index (χ4v) is 2.98. The average Bonchev–Trinajstić information content (AvgIpc) is 2.50. The number of benzene rings is 1. The number of rotatable bonds is 7. The molecule has 1 aliphatic rings. The van der Waals surface area contributed by atoms with Crippen molar-refractivity contribution in [2.45, 2.75) is 58.9 Å². The molecule has 1 unspecified atom stereocenters. The van der Waals surface area contributed by atoms with E-state index >= 15 is 0 Å². The summed E-state index contributed by atoms with van der Waals surface area (Å²) >= 11 is 0. The first-order valence-corrected chi connectivity index (χ1v) is 8.10. The van der Waals surface area contributed by atoms with Crippen molar-refractivity contribution in [1.82, 2.24) is 5.32 Å². The smallest absolute Gasteiger partial charge is 0.163 e. The highest BCUT2D eigenvalue weighted by atomic mass is 16.1. The minimum absolute atomic E-state index is 0.321. The number of hydrogen-bond donors (Lipinski definition) is 1. The molecule has 1 aromatic carbocycles. The van der Waals surface area contributed by atoms with E-state index in [0.717, 1.165) is 31.5 Å². The molecule has 2 rings (SSSR count). The fraction of sp³-hybridized carbons (Fsp3) is 0.611. The van der Waals surface area contributed by atoms with Gasteiger partial charge in [-0.3, -0.25) is 4.79 Å². The third-order valence-corrected chi connectivity index (χ3v) is 4.43. The van der Waals surface area contributed by atoms with Crippen LogP contribution in [0.4, 0.5) is 0 Å². The second-order valence-corrected chi connectivity index (χ2v) is 5.95. The lowest BCUT2D eigenvalue weighted by molar-refractivity contribution is 0.0957. The van der Waals surface area contributed by atoms with Gasteiger partial charge in [-0.15, -0.1) is 0 Å². The van der Waals surface area contributed by atoms with Crippen molar-refractivity contribution in [2.24, 2.45) is 5.92 Å². The normalized spacial score (nSPS) is 15.7. The van der Waals surface area contributed by atoms with Crippen molar-refractivity contribution in [2.75, 3.05) is 6.54 Å².